The van der Waals surface area contributed by atoms with Crippen LogP contribution < -0.4 is 21.2 Å². The minimum Gasteiger partial charge on any atom is -0.444 e. The molecule has 0 fully saturated rings. The molecule has 35 heavy (non-hydrogen) atoms. The van der Waals surface area contributed by atoms with Crippen LogP contribution in [0.15, 0.2) is 45.7 Å². The molecule has 0 aliphatic carbocycles. The molecule has 2 aromatic heterocycles. The van der Waals surface area contributed by atoms with Gasteiger partial charge in [0.05, 0.1) is 10.9 Å². The molecule has 0 radical (unpaired) electrons. The summed E-state index contributed by atoms with van der Waals surface area (Å²) >= 11 is 0. The molecule has 0 saturated heterocycles. The first-order valence-electron chi connectivity index (χ1n) is 11.4. The maximum absolute atomic E-state index is 12.7. The van der Waals surface area contributed by atoms with Crippen molar-refractivity contribution in [1.29, 1.82) is 0 Å². The van der Waals surface area contributed by atoms with E-state index < -0.39 is 17.3 Å². The molecule has 0 spiro atoms. The minimum atomic E-state index is -0.648. The van der Waals surface area contributed by atoms with Gasteiger partial charge in [0.15, 0.2) is 0 Å². The second-order valence-corrected chi connectivity index (χ2v) is 9.14. The summed E-state index contributed by atoms with van der Waals surface area (Å²) in [5.74, 6) is -0.121. The summed E-state index contributed by atoms with van der Waals surface area (Å²) in [7, 11) is 1.70. The van der Waals surface area contributed by atoms with Crippen LogP contribution >= 0.6 is 0 Å². The fourth-order valence-corrected chi connectivity index (χ4v) is 3.35. The first-order valence-corrected chi connectivity index (χ1v) is 11.4. The lowest BCUT2D eigenvalue weighted by Gasteiger charge is -2.20. The van der Waals surface area contributed by atoms with Crippen LogP contribution in [0.2, 0.25) is 0 Å². The normalized spacial score (nSPS) is 11.2. The molecular formula is C25H31N5O5. The predicted octanol–water partition coefficient (Wildman–Crippen LogP) is 3.42. The summed E-state index contributed by atoms with van der Waals surface area (Å²) in [5, 5.41) is 5.78. The maximum atomic E-state index is 12.7. The van der Waals surface area contributed by atoms with Crippen molar-refractivity contribution in [1.82, 2.24) is 15.3 Å². The molecular weight excluding hydrogens is 450 g/mol. The highest BCUT2D eigenvalue weighted by Crippen LogP contribution is 2.24. The highest BCUT2D eigenvalue weighted by atomic mass is 16.6. The number of carbonyl (C=O) groups excluding carboxylic acids is 2. The van der Waals surface area contributed by atoms with Gasteiger partial charge in [-0.1, -0.05) is 6.07 Å². The number of rotatable bonds is 8. The van der Waals surface area contributed by atoms with Crippen LogP contribution in [0.5, 0.6) is 0 Å². The predicted molar refractivity (Wildman–Crippen MR) is 134 cm³/mol. The number of carbonyl (C=O) groups is 2. The number of hydrogen-bond donors (Lipinski definition) is 2. The highest BCUT2D eigenvalue weighted by molar-refractivity contribution is 5.93. The molecule has 3 rings (SSSR count). The molecule has 0 atom stereocenters. The van der Waals surface area contributed by atoms with Gasteiger partial charge in [-0.25, -0.2) is 9.59 Å². The summed E-state index contributed by atoms with van der Waals surface area (Å²) in [6.45, 7) is 7.80. The van der Waals surface area contributed by atoms with Crippen molar-refractivity contribution in [3.05, 3.63) is 58.2 Å². The number of aryl methyl sites for hydroxylation is 1. The number of hydrogen-bond acceptors (Lipinski definition) is 8. The standard InChI is InChI=1S/C25H31N5O5/c1-16-18(29-24(33)35-25(2,3)4)9-10-19-21(16)22(32)34-23(28-19)30(5)15-12-20(31)27-14-11-17-8-6-7-13-26-17/h6-10,13H,11-12,14-15H2,1-5H3,(H,27,31)(H,29,33). The third-order valence-corrected chi connectivity index (χ3v) is 5.11. The van der Waals surface area contributed by atoms with Crippen molar-refractivity contribution in [3.8, 4) is 0 Å². The lowest BCUT2D eigenvalue weighted by atomic mass is 10.1. The Morgan fingerprint density at radius 2 is 1.94 bits per heavy atom. The van der Waals surface area contributed by atoms with Gasteiger partial charge in [-0.3, -0.25) is 15.1 Å². The van der Waals surface area contributed by atoms with Crippen LogP contribution in [0.3, 0.4) is 0 Å². The summed E-state index contributed by atoms with van der Waals surface area (Å²) in [6, 6.07) is 9.06. The molecule has 186 valence electrons. The summed E-state index contributed by atoms with van der Waals surface area (Å²) < 4.78 is 10.7. The number of nitrogens with one attached hydrogen (secondary N) is 2. The lowest BCUT2D eigenvalue weighted by molar-refractivity contribution is -0.120. The molecule has 0 saturated carbocycles. The Hall–Kier alpha value is -3.95. The van der Waals surface area contributed by atoms with Gasteiger partial charge in [-0.2, -0.15) is 4.98 Å². The average Bonchev–Trinajstić information content (AvgIpc) is 2.78. The van der Waals surface area contributed by atoms with E-state index in [4.69, 9.17) is 9.15 Å². The molecule has 0 aliphatic rings. The molecule has 2 N–H and O–H groups in total. The van der Waals surface area contributed by atoms with E-state index in [2.05, 4.69) is 20.6 Å². The SMILES string of the molecule is Cc1c(NC(=O)OC(C)(C)C)ccc2nc(N(C)CCC(=O)NCCc3ccccn3)oc(=O)c12. The number of amides is 2. The van der Waals surface area contributed by atoms with E-state index in [-0.39, 0.29) is 23.7 Å². The molecule has 0 unspecified atom stereocenters. The zero-order valence-corrected chi connectivity index (χ0v) is 20.7. The van der Waals surface area contributed by atoms with Crippen molar-refractivity contribution in [2.24, 2.45) is 0 Å². The van der Waals surface area contributed by atoms with Crippen LogP contribution in [0, 0.1) is 6.92 Å². The van der Waals surface area contributed by atoms with Crippen molar-refractivity contribution in [3.63, 3.8) is 0 Å². The van der Waals surface area contributed by atoms with E-state index in [9.17, 15) is 14.4 Å². The van der Waals surface area contributed by atoms with Crippen LogP contribution in [0.25, 0.3) is 10.9 Å². The van der Waals surface area contributed by atoms with Crippen molar-refractivity contribution < 1.29 is 18.7 Å². The molecule has 2 heterocycles. The summed E-state index contributed by atoms with van der Waals surface area (Å²) in [4.78, 5) is 47.3. The third kappa shape index (κ3) is 7.26. The van der Waals surface area contributed by atoms with Gasteiger partial charge < -0.3 is 19.4 Å². The van der Waals surface area contributed by atoms with Gasteiger partial charge in [-0.05, 0) is 57.5 Å². The number of pyridine rings is 1. The first-order chi connectivity index (χ1) is 16.5. The van der Waals surface area contributed by atoms with Gasteiger partial charge in [0.1, 0.15) is 5.60 Å². The van der Waals surface area contributed by atoms with Crippen LogP contribution in [0.1, 0.15) is 38.4 Å². The van der Waals surface area contributed by atoms with Gasteiger partial charge in [0, 0.05) is 50.6 Å². The highest BCUT2D eigenvalue weighted by Gasteiger charge is 2.19. The number of anilines is 2. The Labute approximate surface area is 203 Å². The molecule has 3 aromatic rings. The molecule has 10 nitrogen and oxygen atoms in total. The van der Waals surface area contributed by atoms with Crippen molar-refractivity contribution >= 4 is 34.6 Å². The van der Waals surface area contributed by atoms with Crippen LogP contribution in [0.4, 0.5) is 16.5 Å². The van der Waals surface area contributed by atoms with E-state index in [1.165, 1.54) is 0 Å². The van der Waals surface area contributed by atoms with E-state index in [0.717, 1.165) is 5.69 Å². The molecule has 2 amide bonds. The number of ether oxygens (including phenoxy) is 1. The van der Waals surface area contributed by atoms with E-state index in [1.54, 1.807) is 58.0 Å². The van der Waals surface area contributed by atoms with Gasteiger partial charge in [0.2, 0.25) is 5.91 Å². The van der Waals surface area contributed by atoms with Crippen LogP contribution in [-0.4, -0.2) is 47.7 Å². The fourth-order valence-electron chi connectivity index (χ4n) is 3.35. The maximum Gasteiger partial charge on any atom is 0.412 e. The fraction of sp³-hybridized carbons (Fsp3) is 0.400. The quantitative estimate of drug-likeness (QED) is 0.501. The first kappa shape index (κ1) is 25.7. The van der Waals surface area contributed by atoms with Gasteiger partial charge in [0.25, 0.3) is 6.01 Å². The monoisotopic (exact) mass is 481 g/mol. The third-order valence-electron chi connectivity index (χ3n) is 5.11. The van der Waals surface area contributed by atoms with Crippen molar-refractivity contribution in [2.45, 2.75) is 46.1 Å². The van der Waals surface area contributed by atoms with Crippen molar-refractivity contribution in [2.75, 3.05) is 30.4 Å². The second-order valence-electron chi connectivity index (χ2n) is 9.14. The van der Waals surface area contributed by atoms with Gasteiger partial charge in [-0.15, -0.1) is 0 Å². The lowest BCUT2D eigenvalue weighted by Crippen LogP contribution is -2.30. The molecule has 0 aliphatic heterocycles. The minimum absolute atomic E-state index is 0.107. The number of nitrogens with zero attached hydrogens (tertiary/aromatic N) is 3. The van der Waals surface area contributed by atoms with E-state index in [1.807, 2.05) is 18.2 Å². The molecule has 0 bridgehead atoms. The number of benzene rings is 1. The van der Waals surface area contributed by atoms with E-state index in [0.29, 0.717) is 36.3 Å². The molecule has 10 heteroatoms. The summed E-state index contributed by atoms with van der Waals surface area (Å²) in [6.07, 6.45) is 1.95. The summed E-state index contributed by atoms with van der Waals surface area (Å²) in [5.41, 5.74) is 1.06. The largest absolute Gasteiger partial charge is 0.444 e. The van der Waals surface area contributed by atoms with E-state index >= 15 is 0 Å². The number of aromatic nitrogens is 2. The Balaban J connectivity index is 1.62. The Morgan fingerprint density at radius 3 is 2.63 bits per heavy atom. The number of fused-ring (bicyclic) bond motifs is 1. The Kier molecular flexibility index (Phi) is 8.06. The zero-order chi connectivity index (χ0) is 25.6. The Morgan fingerprint density at radius 1 is 1.17 bits per heavy atom. The zero-order valence-electron chi connectivity index (χ0n) is 20.7. The average molecular weight is 482 g/mol. The van der Waals surface area contributed by atoms with Crippen LogP contribution in [-0.2, 0) is 16.0 Å². The second kappa shape index (κ2) is 11.0. The topological polar surface area (TPSA) is 127 Å². The Bertz CT molecular complexity index is 1250. The smallest absolute Gasteiger partial charge is 0.412 e. The van der Waals surface area contributed by atoms with Gasteiger partial charge >= 0.3 is 11.7 Å². The molecule has 1 aromatic carbocycles.